The second kappa shape index (κ2) is 6.51. The number of nitrogens with zero attached hydrogens (tertiary/aromatic N) is 1. The lowest BCUT2D eigenvalue weighted by molar-refractivity contribution is -0.186. The highest BCUT2D eigenvalue weighted by molar-refractivity contribution is 5.82. The third-order valence-electron chi connectivity index (χ3n) is 4.80. The Morgan fingerprint density at radius 2 is 1.83 bits per heavy atom. The summed E-state index contributed by atoms with van der Waals surface area (Å²) in [5.74, 6) is -1.50. The van der Waals surface area contributed by atoms with E-state index < -0.39 is 12.1 Å². The number of halogens is 3. The van der Waals surface area contributed by atoms with E-state index >= 15 is 0 Å². The van der Waals surface area contributed by atoms with Gasteiger partial charge >= 0.3 is 12.1 Å². The van der Waals surface area contributed by atoms with Crippen molar-refractivity contribution in [1.82, 2.24) is 10.2 Å². The Labute approximate surface area is 133 Å². The van der Waals surface area contributed by atoms with Gasteiger partial charge in [-0.05, 0) is 43.8 Å². The van der Waals surface area contributed by atoms with Gasteiger partial charge in [-0.3, -0.25) is 4.79 Å². The summed E-state index contributed by atoms with van der Waals surface area (Å²) in [7, 11) is 0. The monoisotopic (exact) mass is 326 g/mol. The quantitative estimate of drug-likeness (QED) is 0.923. The first kappa shape index (κ1) is 16.3. The molecule has 1 N–H and O–H groups in total. The zero-order valence-electron chi connectivity index (χ0n) is 12.9. The van der Waals surface area contributed by atoms with E-state index in [0.29, 0.717) is 6.42 Å². The van der Waals surface area contributed by atoms with Crippen molar-refractivity contribution in [2.24, 2.45) is 5.92 Å². The van der Waals surface area contributed by atoms with E-state index in [2.05, 4.69) is 5.32 Å². The molecule has 2 atom stereocenters. The highest BCUT2D eigenvalue weighted by atomic mass is 19.4. The minimum Gasteiger partial charge on any atom is -0.331 e. The van der Waals surface area contributed by atoms with Crippen LogP contribution in [0.1, 0.15) is 30.7 Å². The minimum atomic E-state index is -4.79. The fraction of sp³-hybridized carbons (Fsp3) is 0.588. The van der Waals surface area contributed by atoms with Gasteiger partial charge < -0.3 is 10.2 Å². The maximum absolute atomic E-state index is 13.0. The van der Waals surface area contributed by atoms with Crippen molar-refractivity contribution in [3.05, 3.63) is 35.9 Å². The molecular formula is C17H21F3N2O. The standard InChI is InChI=1S/C17H21F3N2O/c18-17(19,20)16(23)22(11-12-6-8-21-9-7-12)15-10-14(15)13-4-2-1-3-5-13/h1-5,12,14-15,21H,6-11H2. The number of amides is 1. The zero-order chi connectivity index (χ0) is 16.4. The van der Waals surface area contributed by atoms with Gasteiger partial charge in [-0.15, -0.1) is 0 Å². The van der Waals surface area contributed by atoms with Crippen LogP contribution in [-0.2, 0) is 4.79 Å². The molecular weight excluding hydrogens is 305 g/mol. The van der Waals surface area contributed by atoms with Crippen LogP contribution in [0.3, 0.4) is 0 Å². The molecule has 0 bridgehead atoms. The van der Waals surface area contributed by atoms with Crippen molar-refractivity contribution >= 4 is 5.91 Å². The molecule has 1 aromatic rings. The lowest BCUT2D eigenvalue weighted by Crippen LogP contribution is -2.46. The Bertz CT molecular complexity index is 541. The van der Waals surface area contributed by atoms with Crippen molar-refractivity contribution < 1.29 is 18.0 Å². The average molecular weight is 326 g/mol. The van der Waals surface area contributed by atoms with Crippen LogP contribution >= 0.6 is 0 Å². The molecule has 2 unspecified atom stereocenters. The molecule has 23 heavy (non-hydrogen) atoms. The lowest BCUT2D eigenvalue weighted by atomic mass is 9.97. The van der Waals surface area contributed by atoms with E-state index in [4.69, 9.17) is 0 Å². The van der Waals surface area contributed by atoms with Gasteiger partial charge in [-0.25, -0.2) is 0 Å². The van der Waals surface area contributed by atoms with Gasteiger partial charge in [0.05, 0.1) is 0 Å². The number of piperidine rings is 1. The van der Waals surface area contributed by atoms with E-state index in [-0.39, 0.29) is 24.4 Å². The maximum atomic E-state index is 13.0. The van der Waals surface area contributed by atoms with Gasteiger partial charge in [0.15, 0.2) is 0 Å². The number of carbonyl (C=O) groups excluding carboxylic acids is 1. The molecule has 0 radical (unpaired) electrons. The normalized spacial score (nSPS) is 25.2. The van der Waals surface area contributed by atoms with E-state index in [9.17, 15) is 18.0 Å². The Morgan fingerprint density at radius 3 is 2.43 bits per heavy atom. The summed E-state index contributed by atoms with van der Waals surface area (Å²) in [5, 5.41) is 3.20. The number of rotatable bonds is 4. The first-order chi connectivity index (χ1) is 11.0. The van der Waals surface area contributed by atoms with Crippen LogP contribution in [0.2, 0.25) is 0 Å². The van der Waals surface area contributed by atoms with Crippen LogP contribution in [0.4, 0.5) is 13.2 Å². The summed E-state index contributed by atoms with van der Waals surface area (Å²) in [5.41, 5.74) is 1.02. The van der Waals surface area contributed by atoms with Crippen LogP contribution < -0.4 is 5.32 Å². The second-order valence-corrected chi connectivity index (χ2v) is 6.47. The largest absolute Gasteiger partial charge is 0.471 e. The van der Waals surface area contributed by atoms with Gasteiger partial charge in [-0.2, -0.15) is 13.2 Å². The summed E-state index contributed by atoms with van der Waals surface area (Å²) in [6.45, 7) is 1.84. The molecule has 1 heterocycles. The van der Waals surface area contributed by atoms with Gasteiger partial charge in [0.2, 0.25) is 0 Å². The summed E-state index contributed by atoms with van der Waals surface area (Å²) < 4.78 is 38.9. The van der Waals surface area contributed by atoms with E-state index in [0.717, 1.165) is 36.4 Å². The van der Waals surface area contributed by atoms with Crippen molar-refractivity contribution in [3.8, 4) is 0 Å². The molecule has 0 aromatic heterocycles. The smallest absolute Gasteiger partial charge is 0.331 e. The topological polar surface area (TPSA) is 32.3 Å². The number of carbonyl (C=O) groups is 1. The molecule has 2 aliphatic rings. The molecule has 6 heteroatoms. The van der Waals surface area contributed by atoms with Gasteiger partial charge in [-0.1, -0.05) is 30.3 Å². The molecule has 3 nitrogen and oxygen atoms in total. The molecule has 1 amide bonds. The maximum Gasteiger partial charge on any atom is 0.471 e. The minimum absolute atomic E-state index is 0.0317. The van der Waals surface area contributed by atoms with Gasteiger partial charge in [0.25, 0.3) is 0 Å². The number of hydrogen-bond donors (Lipinski definition) is 1. The number of nitrogens with one attached hydrogen (secondary N) is 1. The summed E-state index contributed by atoms with van der Waals surface area (Å²) in [6, 6.07) is 9.17. The summed E-state index contributed by atoms with van der Waals surface area (Å²) in [6.07, 6.45) is -2.53. The molecule has 3 rings (SSSR count). The Hall–Kier alpha value is -1.56. The van der Waals surface area contributed by atoms with Crippen LogP contribution in [0.15, 0.2) is 30.3 Å². The molecule has 126 valence electrons. The fourth-order valence-corrected chi connectivity index (χ4v) is 3.46. The predicted octanol–water partition coefficient (Wildman–Crippen LogP) is 2.93. The summed E-state index contributed by atoms with van der Waals surface area (Å²) in [4.78, 5) is 13.0. The zero-order valence-corrected chi connectivity index (χ0v) is 12.9. The Balaban J connectivity index is 1.72. The molecule has 1 aromatic carbocycles. The third kappa shape index (κ3) is 3.86. The van der Waals surface area contributed by atoms with Crippen LogP contribution in [0.5, 0.6) is 0 Å². The van der Waals surface area contributed by atoms with Crippen LogP contribution in [0.25, 0.3) is 0 Å². The fourth-order valence-electron chi connectivity index (χ4n) is 3.46. The Morgan fingerprint density at radius 1 is 1.17 bits per heavy atom. The van der Waals surface area contributed by atoms with Crippen molar-refractivity contribution in [3.63, 3.8) is 0 Å². The highest BCUT2D eigenvalue weighted by Gasteiger charge is 2.52. The molecule has 0 spiro atoms. The molecule has 1 saturated carbocycles. The highest BCUT2D eigenvalue weighted by Crippen LogP contribution is 2.46. The lowest BCUT2D eigenvalue weighted by Gasteiger charge is -2.31. The van der Waals surface area contributed by atoms with E-state index in [1.54, 1.807) is 0 Å². The van der Waals surface area contributed by atoms with Crippen molar-refractivity contribution in [1.29, 1.82) is 0 Å². The van der Waals surface area contributed by atoms with E-state index in [1.807, 2.05) is 30.3 Å². The van der Waals surface area contributed by atoms with Gasteiger partial charge in [0.1, 0.15) is 0 Å². The van der Waals surface area contributed by atoms with Crippen LogP contribution in [0, 0.1) is 5.92 Å². The summed E-state index contributed by atoms with van der Waals surface area (Å²) >= 11 is 0. The van der Waals surface area contributed by atoms with Gasteiger partial charge in [0, 0.05) is 18.5 Å². The first-order valence-electron chi connectivity index (χ1n) is 8.10. The number of hydrogen-bond acceptors (Lipinski definition) is 2. The molecule has 1 aliphatic carbocycles. The first-order valence-corrected chi connectivity index (χ1v) is 8.10. The van der Waals surface area contributed by atoms with E-state index in [1.165, 1.54) is 0 Å². The predicted molar refractivity (Wildman–Crippen MR) is 80.9 cm³/mol. The number of alkyl halides is 3. The van der Waals surface area contributed by atoms with Crippen molar-refractivity contribution in [2.45, 2.75) is 37.4 Å². The Kier molecular flexibility index (Phi) is 4.62. The third-order valence-corrected chi connectivity index (χ3v) is 4.80. The van der Waals surface area contributed by atoms with Crippen LogP contribution in [-0.4, -0.2) is 42.7 Å². The molecule has 1 aliphatic heterocycles. The molecule has 1 saturated heterocycles. The van der Waals surface area contributed by atoms with Crippen molar-refractivity contribution in [2.75, 3.05) is 19.6 Å². The second-order valence-electron chi connectivity index (χ2n) is 6.47. The SMILES string of the molecule is O=C(N(CC1CCNCC1)C1CC1c1ccccc1)C(F)(F)F. The number of benzene rings is 1. The molecule has 2 fully saturated rings. The average Bonchev–Trinajstić information content (AvgIpc) is 3.33.